The minimum Gasteiger partial charge on any atom is -0.288 e. The molecule has 2 aromatic rings. The molecular formula is C20H18N2. The van der Waals surface area contributed by atoms with Crippen LogP contribution in [-0.4, -0.2) is 0 Å². The first-order valence-corrected chi connectivity index (χ1v) is 7.12. The Labute approximate surface area is 132 Å². The summed E-state index contributed by atoms with van der Waals surface area (Å²) in [6, 6.07) is 17.6. The van der Waals surface area contributed by atoms with Gasteiger partial charge in [0.25, 0.3) is 0 Å². The molecule has 2 aromatic carbocycles. The van der Waals surface area contributed by atoms with Crippen LogP contribution in [0.2, 0.25) is 0 Å². The Hall–Kier alpha value is -2.84. The first-order chi connectivity index (χ1) is 10.5. The molecule has 108 valence electrons. The van der Waals surface area contributed by atoms with Crippen LogP contribution in [0.5, 0.6) is 0 Å². The SMILES string of the molecule is [C-]#[N+]C(C#N)(CC(=C)c1cc(C)cc(C)c1)c1ccccc1. The van der Waals surface area contributed by atoms with Gasteiger partial charge in [-0.3, -0.25) is 4.85 Å². The molecule has 0 aromatic heterocycles. The molecule has 0 radical (unpaired) electrons. The predicted molar refractivity (Wildman–Crippen MR) is 89.9 cm³/mol. The minimum absolute atomic E-state index is 0.305. The molecule has 0 saturated heterocycles. The summed E-state index contributed by atoms with van der Waals surface area (Å²) in [7, 11) is 0. The van der Waals surface area contributed by atoms with Crippen molar-refractivity contribution in [1.29, 1.82) is 5.26 Å². The highest BCUT2D eigenvalue weighted by molar-refractivity contribution is 5.67. The van der Waals surface area contributed by atoms with Gasteiger partial charge in [0.1, 0.15) is 0 Å². The molecule has 0 spiro atoms. The molecule has 0 aliphatic rings. The van der Waals surface area contributed by atoms with Gasteiger partial charge >= 0.3 is 5.54 Å². The van der Waals surface area contributed by atoms with Crippen LogP contribution in [0.3, 0.4) is 0 Å². The van der Waals surface area contributed by atoms with Gasteiger partial charge < -0.3 is 0 Å². The Balaban J connectivity index is 2.39. The lowest BCUT2D eigenvalue weighted by Crippen LogP contribution is -2.19. The second-order valence-electron chi connectivity index (χ2n) is 5.61. The maximum atomic E-state index is 9.63. The number of nitriles is 1. The molecular weight excluding hydrogens is 268 g/mol. The lowest BCUT2D eigenvalue weighted by Gasteiger charge is -2.17. The van der Waals surface area contributed by atoms with Gasteiger partial charge in [0.15, 0.2) is 6.07 Å². The number of hydrogen-bond acceptors (Lipinski definition) is 1. The predicted octanol–water partition coefficient (Wildman–Crippen LogP) is 5.05. The van der Waals surface area contributed by atoms with Gasteiger partial charge in [-0.15, -0.1) is 0 Å². The maximum absolute atomic E-state index is 9.63. The van der Waals surface area contributed by atoms with Crippen molar-refractivity contribution in [2.24, 2.45) is 0 Å². The Morgan fingerprint density at radius 1 is 1.18 bits per heavy atom. The van der Waals surface area contributed by atoms with E-state index in [-0.39, 0.29) is 0 Å². The monoisotopic (exact) mass is 286 g/mol. The highest BCUT2D eigenvalue weighted by Gasteiger charge is 2.39. The Kier molecular flexibility index (Phi) is 4.44. The van der Waals surface area contributed by atoms with E-state index in [1.165, 1.54) is 0 Å². The Bertz CT molecular complexity index is 739. The first kappa shape index (κ1) is 15.5. The molecule has 0 aliphatic heterocycles. The third-order valence-electron chi connectivity index (χ3n) is 3.73. The molecule has 0 heterocycles. The Morgan fingerprint density at radius 3 is 2.27 bits per heavy atom. The van der Waals surface area contributed by atoms with E-state index >= 15 is 0 Å². The van der Waals surface area contributed by atoms with Gasteiger partial charge in [0.2, 0.25) is 0 Å². The largest absolute Gasteiger partial charge is 0.344 e. The standard InChI is InChI=1S/C20H18N2/c1-15-10-16(2)12-18(11-15)17(3)13-20(14-21,22-4)19-8-6-5-7-9-19/h5-12H,3,13H2,1-2H3. The quantitative estimate of drug-likeness (QED) is 0.723. The summed E-state index contributed by atoms with van der Waals surface area (Å²) in [6.45, 7) is 15.7. The highest BCUT2D eigenvalue weighted by Crippen LogP contribution is 2.35. The smallest absolute Gasteiger partial charge is 0.288 e. The van der Waals surface area contributed by atoms with Gasteiger partial charge in [-0.2, -0.15) is 5.26 Å². The van der Waals surface area contributed by atoms with E-state index < -0.39 is 5.54 Å². The van der Waals surface area contributed by atoms with E-state index in [0.717, 1.165) is 27.8 Å². The molecule has 0 aliphatic carbocycles. The van der Waals surface area contributed by atoms with Crippen LogP contribution in [0.25, 0.3) is 10.4 Å². The van der Waals surface area contributed by atoms with Crippen LogP contribution in [0.15, 0.2) is 55.1 Å². The van der Waals surface area contributed by atoms with Crippen molar-refractivity contribution in [3.05, 3.63) is 88.8 Å². The average molecular weight is 286 g/mol. The molecule has 2 rings (SSSR count). The van der Waals surface area contributed by atoms with Crippen molar-refractivity contribution in [1.82, 2.24) is 0 Å². The molecule has 0 amide bonds. The summed E-state index contributed by atoms with van der Waals surface area (Å²) in [5.74, 6) is 0. The van der Waals surface area contributed by atoms with Crippen LogP contribution in [-0.2, 0) is 5.54 Å². The summed E-state index contributed by atoms with van der Waals surface area (Å²) in [6.07, 6.45) is 0.305. The summed E-state index contributed by atoms with van der Waals surface area (Å²) in [4.78, 5) is 3.65. The van der Waals surface area contributed by atoms with Crippen molar-refractivity contribution >= 4 is 5.57 Å². The fraction of sp³-hybridized carbons (Fsp3) is 0.200. The first-order valence-electron chi connectivity index (χ1n) is 7.12. The molecule has 0 bridgehead atoms. The lowest BCUT2D eigenvalue weighted by atomic mass is 9.84. The van der Waals surface area contributed by atoms with Crippen LogP contribution in [0.4, 0.5) is 0 Å². The second-order valence-corrected chi connectivity index (χ2v) is 5.61. The number of nitrogens with zero attached hydrogens (tertiary/aromatic N) is 2. The lowest BCUT2D eigenvalue weighted by molar-refractivity contribution is 0.703. The van der Waals surface area contributed by atoms with Crippen molar-refractivity contribution in [2.45, 2.75) is 25.8 Å². The number of benzene rings is 2. The van der Waals surface area contributed by atoms with Gasteiger partial charge in [0, 0.05) is 0 Å². The van der Waals surface area contributed by atoms with Crippen LogP contribution in [0, 0.1) is 31.8 Å². The van der Waals surface area contributed by atoms with Crippen LogP contribution >= 0.6 is 0 Å². The van der Waals surface area contributed by atoms with Crippen LogP contribution in [0.1, 0.15) is 28.7 Å². The van der Waals surface area contributed by atoms with Crippen molar-refractivity contribution in [3.8, 4) is 6.07 Å². The number of rotatable bonds is 4. The fourth-order valence-corrected chi connectivity index (χ4v) is 2.64. The molecule has 2 nitrogen and oxygen atoms in total. The van der Waals surface area contributed by atoms with E-state index in [2.05, 4.69) is 23.6 Å². The summed E-state index contributed by atoms with van der Waals surface area (Å²) in [5, 5.41) is 9.63. The third kappa shape index (κ3) is 3.08. The molecule has 1 unspecified atom stereocenters. The number of aryl methyl sites for hydroxylation is 2. The van der Waals surface area contributed by atoms with Gasteiger partial charge in [-0.1, -0.05) is 54.1 Å². The third-order valence-corrected chi connectivity index (χ3v) is 3.73. The summed E-state index contributed by atoms with van der Waals surface area (Å²) in [5.41, 5.74) is 3.63. The van der Waals surface area contributed by atoms with Crippen molar-refractivity contribution in [3.63, 3.8) is 0 Å². The van der Waals surface area contributed by atoms with Crippen molar-refractivity contribution < 1.29 is 0 Å². The number of hydrogen-bond donors (Lipinski definition) is 0. The molecule has 0 N–H and O–H groups in total. The van der Waals surface area contributed by atoms with E-state index in [1.54, 1.807) is 0 Å². The van der Waals surface area contributed by atoms with E-state index in [9.17, 15) is 5.26 Å². The molecule has 1 atom stereocenters. The minimum atomic E-state index is -1.21. The zero-order valence-electron chi connectivity index (χ0n) is 12.9. The zero-order valence-corrected chi connectivity index (χ0v) is 12.9. The summed E-state index contributed by atoms with van der Waals surface area (Å²) < 4.78 is 0. The average Bonchev–Trinajstić information content (AvgIpc) is 2.52. The van der Waals surface area contributed by atoms with Gasteiger partial charge in [-0.25, -0.2) is 6.57 Å². The van der Waals surface area contributed by atoms with E-state index in [1.807, 2.05) is 56.3 Å². The zero-order chi connectivity index (χ0) is 16.2. The molecule has 0 fully saturated rings. The maximum Gasteiger partial charge on any atom is 0.344 e. The van der Waals surface area contributed by atoms with E-state index in [0.29, 0.717) is 6.42 Å². The summed E-state index contributed by atoms with van der Waals surface area (Å²) >= 11 is 0. The molecule has 22 heavy (non-hydrogen) atoms. The molecule has 2 heteroatoms. The highest BCUT2D eigenvalue weighted by atomic mass is 14.8. The molecule has 0 saturated carbocycles. The van der Waals surface area contributed by atoms with Gasteiger partial charge in [0.05, 0.1) is 12.0 Å². The second kappa shape index (κ2) is 6.29. The Morgan fingerprint density at radius 2 is 1.77 bits per heavy atom. The van der Waals surface area contributed by atoms with E-state index in [4.69, 9.17) is 6.57 Å². The van der Waals surface area contributed by atoms with Crippen LogP contribution < -0.4 is 0 Å². The topological polar surface area (TPSA) is 28.1 Å². The van der Waals surface area contributed by atoms with Gasteiger partial charge in [-0.05, 0) is 37.1 Å². The fourth-order valence-electron chi connectivity index (χ4n) is 2.64. The normalized spacial score (nSPS) is 12.7. The van der Waals surface area contributed by atoms with Crippen molar-refractivity contribution in [2.75, 3.05) is 0 Å².